The summed E-state index contributed by atoms with van der Waals surface area (Å²) < 4.78 is 0. The highest BCUT2D eigenvalue weighted by molar-refractivity contribution is 7.12. The van der Waals surface area contributed by atoms with E-state index in [2.05, 4.69) is 52.9 Å². The minimum Gasteiger partial charge on any atom is -0.320 e. The Hall–Kier alpha value is -1.67. The van der Waals surface area contributed by atoms with E-state index in [1.807, 2.05) is 13.0 Å². The van der Waals surface area contributed by atoms with E-state index < -0.39 is 0 Å². The second-order valence-electron chi connectivity index (χ2n) is 4.85. The molecule has 4 heteroatoms. The molecular weight excluding hydrogens is 278 g/mol. The predicted molar refractivity (Wildman–Crippen MR) is 89.0 cm³/mol. The summed E-state index contributed by atoms with van der Waals surface area (Å²) in [5.74, 6) is 5.98. The van der Waals surface area contributed by atoms with Crippen molar-refractivity contribution in [3.05, 3.63) is 51.5 Å². The van der Waals surface area contributed by atoms with Crippen LogP contribution in [0.5, 0.6) is 0 Å². The summed E-state index contributed by atoms with van der Waals surface area (Å²) in [4.78, 5) is 9.36. The summed E-state index contributed by atoms with van der Waals surface area (Å²) in [6.07, 6.45) is 0. The molecule has 2 aromatic rings. The van der Waals surface area contributed by atoms with Gasteiger partial charge >= 0.3 is 0 Å². The Morgan fingerprint density at radius 3 is 2.81 bits per heavy atom. The quantitative estimate of drug-likeness (QED) is 0.863. The molecule has 0 radical (unpaired) electrons. The van der Waals surface area contributed by atoms with Crippen molar-refractivity contribution in [1.29, 1.82) is 0 Å². The highest BCUT2D eigenvalue weighted by Crippen LogP contribution is 2.18. The lowest BCUT2D eigenvalue weighted by Gasteiger charge is -2.19. The zero-order valence-electron chi connectivity index (χ0n) is 12.6. The SMILES string of the molecule is CCN(Cc1cccc(C)n1)Cc1ccc(C#CCN)s1. The molecule has 0 amide bonds. The topological polar surface area (TPSA) is 42.2 Å². The maximum atomic E-state index is 5.40. The molecule has 0 saturated carbocycles. The highest BCUT2D eigenvalue weighted by atomic mass is 32.1. The van der Waals surface area contributed by atoms with Crippen molar-refractivity contribution in [2.75, 3.05) is 13.1 Å². The zero-order chi connectivity index (χ0) is 15.1. The van der Waals surface area contributed by atoms with E-state index in [-0.39, 0.29) is 0 Å². The summed E-state index contributed by atoms with van der Waals surface area (Å²) >= 11 is 1.74. The van der Waals surface area contributed by atoms with Crippen LogP contribution in [0.25, 0.3) is 0 Å². The minimum atomic E-state index is 0.410. The van der Waals surface area contributed by atoms with Crippen molar-refractivity contribution >= 4 is 11.3 Å². The lowest BCUT2D eigenvalue weighted by molar-refractivity contribution is 0.270. The summed E-state index contributed by atoms with van der Waals surface area (Å²) in [6.45, 7) is 7.42. The number of hydrogen-bond donors (Lipinski definition) is 1. The molecule has 0 unspecified atom stereocenters. The van der Waals surface area contributed by atoms with E-state index in [0.717, 1.165) is 35.9 Å². The molecule has 21 heavy (non-hydrogen) atoms. The molecule has 0 spiro atoms. The number of aromatic nitrogens is 1. The van der Waals surface area contributed by atoms with Crippen molar-refractivity contribution in [2.45, 2.75) is 26.9 Å². The van der Waals surface area contributed by atoms with Crippen LogP contribution in [0.15, 0.2) is 30.3 Å². The maximum Gasteiger partial charge on any atom is 0.0772 e. The van der Waals surface area contributed by atoms with Gasteiger partial charge in [0.2, 0.25) is 0 Å². The molecule has 2 heterocycles. The first-order chi connectivity index (χ1) is 10.2. The van der Waals surface area contributed by atoms with Gasteiger partial charge in [-0.25, -0.2) is 0 Å². The van der Waals surface area contributed by atoms with Gasteiger partial charge in [-0.2, -0.15) is 0 Å². The van der Waals surface area contributed by atoms with E-state index in [1.54, 1.807) is 11.3 Å². The molecule has 2 rings (SSSR count). The molecule has 0 aliphatic carbocycles. The van der Waals surface area contributed by atoms with Gasteiger partial charge in [0.1, 0.15) is 0 Å². The second kappa shape index (κ2) is 7.94. The maximum absolute atomic E-state index is 5.40. The van der Waals surface area contributed by atoms with Gasteiger partial charge in [0.15, 0.2) is 0 Å². The fourth-order valence-electron chi connectivity index (χ4n) is 2.08. The number of aryl methyl sites for hydroxylation is 1. The Morgan fingerprint density at radius 2 is 2.10 bits per heavy atom. The van der Waals surface area contributed by atoms with Crippen LogP contribution < -0.4 is 5.73 Å². The van der Waals surface area contributed by atoms with E-state index >= 15 is 0 Å². The van der Waals surface area contributed by atoms with Gasteiger partial charge in [-0.15, -0.1) is 11.3 Å². The second-order valence-corrected chi connectivity index (χ2v) is 6.01. The predicted octanol–water partition coefficient (Wildman–Crippen LogP) is 2.78. The van der Waals surface area contributed by atoms with Crippen LogP contribution >= 0.6 is 11.3 Å². The Morgan fingerprint density at radius 1 is 1.24 bits per heavy atom. The van der Waals surface area contributed by atoms with E-state index in [4.69, 9.17) is 5.73 Å². The summed E-state index contributed by atoms with van der Waals surface area (Å²) in [5, 5.41) is 0. The van der Waals surface area contributed by atoms with E-state index in [0.29, 0.717) is 6.54 Å². The zero-order valence-corrected chi connectivity index (χ0v) is 13.4. The van der Waals surface area contributed by atoms with Crippen molar-refractivity contribution in [3.8, 4) is 11.8 Å². The highest BCUT2D eigenvalue weighted by Gasteiger charge is 2.08. The van der Waals surface area contributed by atoms with Crippen LogP contribution in [0.2, 0.25) is 0 Å². The normalized spacial score (nSPS) is 10.5. The fraction of sp³-hybridized carbons (Fsp3) is 0.353. The monoisotopic (exact) mass is 299 g/mol. The van der Waals surface area contributed by atoms with Crippen LogP contribution in [0.1, 0.15) is 28.1 Å². The minimum absolute atomic E-state index is 0.410. The van der Waals surface area contributed by atoms with Crippen molar-refractivity contribution < 1.29 is 0 Å². The summed E-state index contributed by atoms with van der Waals surface area (Å²) in [6, 6.07) is 10.4. The molecule has 0 aliphatic heterocycles. The average Bonchev–Trinajstić information content (AvgIpc) is 2.92. The van der Waals surface area contributed by atoms with Gasteiger partial charge in [0.05, 0.1) is 17.1 Å². The Balaban J connectivity index is 2.00. The molecule has 0 aromatic carbocycles. The third-order valence-corrected chi connectivity index (χ3v) is 4.12. The van der Waals surface area contributed by atoms with Gasteiger partial charge in [-0.05, 0) is 37.7 Å². The summed E-state index contributed by atoms with van der Waals surface area (Å²) in [7, 11) is 0. The molecule has 2 aromatic heterocycles. The van der Waals surface area contributed by atoms with Gasteiger partial charge in [-0.1, -0.05) is 24.8 Å². The van der Waals surface area contributed by atoms with Crippen LogP contribution in [0.4, 0.5) is 0 Å². The van der Waals surface area contributed by atoms with Crippen LogP contribution in [-0.4, -0.2) is 23.0 Å². The average molecular weight is 299 g/mol. The Kier molecular flexibility index (Phi) is 5.94. The smallest absolute Gasteiger partial charge is 0.0772 e. The standard InChI is InChI=1S/C17H21N3S/c1-3-20(12-15-7-4-6-14(2)19-15)13-17-10-9-16(21-17)8-5-11-18/h4,6-7,9-10H,3,11-13,18H2,1-2H3. The van der Waals surface area contributed by atoms with Gasteiger partial charge in [0.25, 0.3) is 0 Å². The van der Waals surface area contributed by atoms with E-state index in [9.17, 15) is 0 Å². The Labute approximate surface area is 130 Å². The molecule has 0 aliphatic rings. The van der Waals surface area contributed by atoms with Gasteiger partial charge < -0.3 is 5.73 Å². The number of pyridine rings is 1. The molecule has 0 bridgehead atoms. The third kappa shape index (κ3) is 4.98. The van der Waals surface area contributed by atoms with Crippen molar-refractivity contribution in [2.24, 2.45) is 5.73 Å². The van der Waals surface area contributed by atoms with Gasteiger partial charge in [0, 0.05) is 23.7 Å². The van der Waals surface area contributed by atoms with Crippen LogP contribution in [0, 0.1) is 18.8 Å². The number of rotatable bonds is 5. The number of thiophene rings is 1. The third-order valence-electron chi connectivity index (χ3n) is 3.13. The first-order valence-corrected chi connectivity index (χ1v) is 7.95. The number of nitrogens with zero attached hydrogens (tertiary/aromatic N) is 2. The van der Waals surface area contributed by atoms with E-state index in [1.165, 1.54) is 4.88 Å². The lowest BCUT2D eigenvalue weighted by atomic mass is 10.3. The number of hydrogen-bond acceptors (Lipinski definition) is 4. The molecule has 2 N–H and O–H groups in total. The van der Waals surface area contributed by atoms with Crippen LogP contribution in [0.3, 0.4) is 0 Å². The van der Waals surface area contributed by atoms with Crippen molar-refractivity contribution in [3.63, 3.8) is 0 Å². The lowest BCUT2D eigenvalue weighted by Crippen LogP contribution is -2.22. The molecule has 0 fully saturated rings. The molecule has 3 nitrogen and oxygen atoms in total. The molecule has 110 valence electrons. The van der Waals surface area contributed by atoms with Gasteiger partial charge in [-0.3, -0.25) is 9.88 Å². The van der Waals surface area contributed by atoms with Crippen molar-refractivity contribution in [1.82, 2.24) is 9.88 Å². The molecule has 0 atom stereocenters. The van der Waals surface area contributed by atoms with Crippen LogP contribution in [-0.2, 0) is 13.1 Å². The fourth-order valence-corrected chi connectivity index (χ4v) is 3.01. The first-order valence-electron chi connectivity index (χ1n) is 7.13. The summed E-state index contributed by atoms with van der Waals surface area (Å²) in [5.41, 5.74) is 7.59. The first kappa shape index (κ1) is 15.7. The molecular formula is C17H21N3S. The Bertz CT molecular complexity index is 637. The number of nitrogens with two attached hydrogens (primary N) is 1. The largest absolute Gasteiger partial charge is 0.320 e. The molecule has 0 saturated heterocycles.